The molecule has 0 aliphatic carbocycles. The fraction of sp³-hybridized carbons (Fsp3) is 0.154. The van der Waals surface area contributed by atoms with Crippen molar-refractivity contribution in [3.63, 3.8) is 0 Å². The molecule has 5 rings (SSSR count). The lowest BCUT2D eigenvalue weighted by Gasteiger charge is -2.22. The molecular formula is C26H21NO5. The average molecular weight is 427 g/mol. The van der Waals surface area contributed by atoms with Crippen LogP contribution in [0.25, 0.3) is 6.08 Å². The van der Waals surface area contributed by atoms with Crippen molar-refractivity contribution in [1.82, 2.24) is 0 Å². The highest BCUT2D eigenvalue weighted by molar-refractivity contribution is 6.11. The maximum absolute atomic E-state index is 13.3. The molecule has 0 aromatic heterocycles. The van der Waals surface area contributed by atoms with Gasteiger partial charge in [-0.2, -0.15) is 0 Å². The zero-order valence-electron chi connectivity index (χ0n) is 17.2. The number of hydrogen-bond acceptors (Lipinski definition) is 5. The number of amides is 1. The summed E-state index contributed by atoms with van der Waals surface area (Å²) in [7, 11) is 0. The Morgan fingerprint density at radius 3 is 2.59 bits per heavy atom. The summed E-state index contributed by atoms with van der Waals surface area (Å²) < 4.78 is 10.6. The lowest BCUT2D eigenvalue weighted by molar-refractivity contribution is -0.135. The molecular weight excluding hydrogens is 406 g/mol. The number of Topliss-reactive ketones (excluding diaryl/α,β-unsaturated/α-hetero) is 1. The van der Waals surface area contributed by atoms with E-state index >= 15 is 0 Å². The van der Waals surface area contributed by atoms with Gasteiger partial charge in [0, 0.05) is 17.7 Å². The number of rotatable bonds is 6. The first kappa shape index (κ1) is 20.0. The number of nitrogens with zero attached hydrogens (tertiary/aromatic N) is 1. The zero-order chi connectivity index (χ0) is 22.1. The number of carbonyl (C=O) groups excluding carboxylic acids is 2. The molecule has 6 heteroatoms. The summed E-state index contributed by atoms with van der Waals surface area (Å²) in [5.74, 6) is 0.189. The summed E-state index contributed by atoms with van der Waals surface area (Å²) in [6.07, 6.45) is 3.43. The van der Waals surface area contributed by atoms with E-state index in [9.17, 15) is 14.7 Å². The van der Waals surface area contributed by atoms with Crippen molar-refractivity contribution in [3.05, 3.63) is 95.6 Å². The summed E-state index contributed by atoms with van der Waals surface area (Å²) in [5, 5.41) is 11.4. The van der Waals surface area contributed by atoms with Crippen molar-refractivity contribution in [2.24, 2.45) is 0 Å². The second kappa shape index (κ2) is 7.98. The molecule has 0 bridgehead atoms. The van der Waals surface area contributed by atoms with Gasteiger partial charge in [-0.25, -0.2) is 0 Å². The SMILES string of the molecule is O=C(C[C@@]1(O)C(=O)N(C/C=C/c2ccccc2)c2ccccc21)c1ccc2c(c1)OCO2. The van der Waals surface area contributed by atoms with Crippen LogP contribution in [-0.4, -0.2) is 30.1 Å². The number of hydrogen-bond donors (Lipinski definition) is 1. The number of ketones is 1. The number of anilines is 1. The van der Waals surface area contributed by atoms with Crippen LogP contribution >= 0.6 is 0 Å². The molecule has 3 aromatic rings. The number of ether oxygens (including phenoxy) is 2. The first-order valence-electron chi connectivity index (χ1n) is 10.3. The maximum Gasteiger partial charge on any atom is 0.264 e. The van der Waals surface area contributed by atoms with Gasteiger partial charge < -0.3 is 19.5 Å². The number of carbonyl (C=O) groups is 2. The van der Waals surface area contributed by atoms with Crippen molar-refractivity contribution in [1.29, 1.82) is 0 Å². The highest BCUT2D eigenvalue weighted by atomic mass is 16.7. The molecule has 0 spiro atoms. The van der Waals surface area contributed by atoms with Gasteiger partial charge >= 0.3 is 0 Å². The molecule has 160 valence electrons. The lowest BCUT2D eigenvalue weighted by Crippen LogP contribution is -2.42. The standard InChI is InChI=1S/C26H21NO5/c28-22(19-12-13-23-24(15-19)32-17-31-23)16-26(30)20-10-4-5-11-21(20)27(25(26)29)14-6-9-18-7-2-1-3-8-18/h1-13,15,30H,14,16-17H2/b9-6+/t26-/m0/s1. The normalized spacial score (nSPS) is 18.9. The highest BCUT2D eigenvalue weighted by Gasteiger charge is 2.50. The van der Waals surface area contributed by atoms with E-state index in [-0.39, 0.29) is 25.5 Å². The molecule has 2 aliphatic heterocycles. The molecule has 0 saturated carbocycles. The molecule has 1 amide bonds. The van der Waals surface area contributed by atoms with E-state index < -0.39 is 11.5 Å². The van der Waals surface area contributed by atoms with E-state index in [0.29, 0.717) is 28.3 Å². The smallest absolute Gasteiger partial charge is 0.264 e. The van der Waals surface area contributed by atoms with Crippen LogP contribution in [0, 0.1) is 0 Å². The Hall–Kier alpha value is -3.90. The molecule has 0 radical (unpaired) electrons. The lowest BCUT2D eigenvalue weighted by atomic mass is 9.88. The van der Waals surface area contributed by atoms with Crippen molar-refractivity contribution in [3.8, 4) is 11.5 Å². The molecule has 6 nitrogen and oxygen atoms in total. The van der Waals surface area contributed by atoms with E-state index in [4.69, 9.17) is 9.47 Å². The van der Waals surface area contributed by atoms with Gasteiger partial charge in [-0.05, 0) is 29.8 Å². The average Bonchev–Trinajstić information content (AvgIpc) is 3.37. The van der Waals surface area contributed by atoms with Gasteiger partial charge in [-0.1, -0.05) is 60.7 Å². The molecule has 1 atom stereocenters. The van der Waals surface area contributed by atoms with Gasteiger partial charge in [0.05, 0.1) is 12.1 Å². The van der Waals surface area contributed by atoms with Crippen molar-refractivity contribution >= 4 is 23.5 Å². The van der Waals surface area contributed by atoms with Crippen molar-refractivity contribution in [2.45, 2.75) is 12.0 Å². The molecule has 3 aromatic carbocycles. The summed E-state index contributed by atoms with van der Waals surface area (Å²) in [4.78, 5) is 27.9. The topological polar surface area (TPSA) is 76.1 Å². The van der Waals surface area contributed by atoms with Gasteiger partial charge in [0.2, 0.25) is 6.79 Å². The van der Waals surface area contributed by atoms with Gasteiger partial charge in [0.15, 0.2) is 22.9 Å². The molecule has 1 N–H and O–H groups in total. The molecule has 0 saturated heterocycles. The highest BCUT2D eigenvalue weighted by Crippen LogP contribution is 2.43. The predicted molar refractivity (Wildman–Crippen MR) is 120 cm³/mol. The molecule has 2 heterocycles. The monoisotopic (exact) mass is 427 g/mol. The molecule has 2 aliphatic rings. The van der Waals surface area contributed by atoms with E-state index in [2.05, 4.69) is 0 Å². The second-order valence-electron chi connectivity index (χ2n) is 7.77. The summed E-state index contributed by atoms with van der Waals surface area (Å²) in [5.41, 5.74) is 0.490. The summed E-state index contributed by atoms with van der Waals surface area (Å²) >= 11 is 0. The van der Waals surface area contributed by atoms with E-state index in [1.54, 1.807) is 36.4 Å². The minimum absolute atomic E-state index is 0.105. The van der Waals surface area contributed by atoms with Gasteiger partial charge in [-0.3, -0.25) is 9.59 Å². The Morgan fingerprint density at radius 2 is 1.75 bits per heavy atom. The fourth-order valence-electron chi connectivity index (χ4n) is 4.12. The van der Waals surface area contributed by atoms with Crippen LogP contribution in [-0.2, 0) is 10.4 Å². The van der Waals surface area contributed by atoms with Crippen LogP contribution in [0.1, 0.15) is 27.9 Å². The zero-order valence-corrected chi connectivity index (χ0v) is 17.2. The Balaban J connectivity index is 1.40. The largest absolute Gasteiger partial charge is 0.454 e. The summed E-state index contributed by atoms with van der Waals surface area (Å²) in [6, 6.07) is 21.7. The van der Waals surface area contributed by atoms with Crippen LogP contribution in [0.3, 0.4) is 0 Å². The quantitative estimate of drug-likeness (QED) is 0.603. The Bertz CT molecular complexity index is 1220. The minimum atomic E-state index is -1.93. The van der Waals surface area contributed by atoms with Crippen molar-refractivity contribution in [2.75, 3.05) is 18.2 Å². The predicted octanol–water partition coefficient (Wildman–Crippen LogP) is 3.94. The molecule has 32 heavy (non-hydrogen) atoms. The van der Waals surface area contributed by atoms with Crippen LogP contribution in [0.5, 0.6) is 11.5 Å². The number of para-hydroxylation sites is 1. The first-order chi connectivity index (χ1) is 15.6. The van der Waals surface area contributed by atoms with Crippen molar-refractivity contribution < 1.29 is 24.2 Å². The second-order valence-corrected chi connectivity index (χ2v) is 7.77. The molecule has 0 fully saturated rings. The third-order valence-corrected chi connectivity index (χ3v) is 5.75. The van der Waals surface area contributed by atoms with Crippen LogP contribution in [0.15, 0.2) is 78.9 Å². The Morgan fingerprint density at radius 1 is 1.00 bits per heavy atom. The first-order valence-corrected chi connectivity index (χ1v) is 10.3. The minimum Gasteiger partial charge on any atom is -0.454 e. The van der Waals surface area contributed by atoms with Gasteiger partial charge in [0.1, 0.15) is 0 Å². The number of aliphatic hydroxyl groups is 1. The number of fused-ring (bicyclic) bond motifs is 2. The maximum atomic E-state index is 13.3. The third kappa shape index (κ3) is 3.44. The van der Waals surface area contributed by atoms with Crippen LogP contribution in [0.2, 0.25) is 0 Å². The Kier molecular flexibility index (Phi) is 4.99. The summed E-state index contributed by atoms with van der Waals surface area (Å²) in [6.45, 7) is 0.388. The molecule has 0 unspecified atom stereocenters. The van der Waals surface area contributed by atoms with E-state index in [1.807, 2.05) is 48.6 Å². The fourth-order valence-corrected chi connectivity index (χ4v) is 4.12. The van der Waals surface area contributed by atoms with Crippen LogP contribution < -0.4 is 14.4 Å². The van der Waals surface area contributed by atoms with E-state index in [1.165, 1.54) is 4.90 Å². The van der Waals surface area contributed by atoms with Gasteiger partial charge in [0.25, 0.3) is 5.91 Å². The Labute approximate surface area is 185 Å². The van der Waals surface area contributed by atoms with Gasteiger partial charge in [-0.15, -0.1) is 0 Å². The van der Waals surface area contributed by atoms with Crippen LogP contribution in [0.4, 0.5) is 5.69 Å². The third-order valence-electron chi connectivity index (χ3n) is 5.75. The van der Waals surface area contributed by atoms with E-state index in [0.717, 1.165) is 5.56 Å². The number of benzene rings is 3.